The van der Waals surface area contributed by atoms with E-state index < -0.39 is 17.1 Å². The van der Waals surface area contributed by atoms with E-state index in [-0.39, 0.29) is 29.8 Å². The van der Waals surface area contributed by atoms with Crippen LogP contribution in [-0.2, 0) is 14.4 Å². The molecular weight excluding hydrogens is 691 g/mol. The standard InChI is InChI=1S/C41H35N5O6S/c1-51-34-23-12-18-29(37(34)52-2)24-33(43-39(48)28-16-8-4-9-17-28)40(49)42-30-19-13-22-32(25-30)53-38(27-14-6-3-7-15-27)41(50)44-35-26-36(47)46(45-35)31-20-10-5-11-21-31/h3-25,38H,26H2,1-2H3,(H,42,49)(H,43,48)(H,44,45,50)/b33-24+. The molecular formula is C41H35N5O6S. The molecule has 0 bridgehead atoms. The third kappa shape index (κ3) is 8.99. The number of carbonyl (C=O) groups excluding carboxylic acids is 4. The number of hydrazone groups is 1. The fourth-order valence-corrected chi connectivity index (χ4v) is 6.57. The van der Waals surface area contributed by atoms with Crippen LogP contribution < -0.4 is 30.4 Å². The average Bonchev–Trinajstić information content (AvgIpc) is 3.56. The number of nitrogens with one attached hydrogen (secondary N) is 3. The molecule has 0 aliphatic carbocycles. The Labute approximate surface area is 310 Å². The molecule has 1 heterocycles. The maximum atomic E-state index is 13.9. The van der Waals surface area contributed by atoms with Crippen molar-refractivity contribution in [3.05, 3.63) is 156 Å². The number of nitrogens with zero attached hydrogens (tertiary/aromatic N) is 2. The summed E-state index contributed by atoms with van der Waals surface area (Å²) in [7, 11) is 3.00. The van der Waals surface area contributed by atoms with Gasteiger partial charge in [0, 0.05) is 21.7 Å². The lowest BCUT2D eigenvalue weighted by atomic mass is 10.1. The number of para-hydroxylation sites is 2. The molecule has 12 heteroatoms. The van der Waals surface area contributed by atoms with Gasteiger partial charge in [-0.25, -0.2) is 0 Å². The van der Waals surface area contributed by atoms with Crippen LogP contribution >= 0.6 is 11.8 Å². The van der Waals surface area contributed by atoms with Gasteiger partial charge < -0.3 is 25.4 Å². The molecule has 266 valence electrons. The lowest BCUT2D eigenvalue weighted by Gasteiger charge is -2.18. The molecule has 5 aromatic carbocycles. The third-order valence-corrected chi connectivity index (χ3v) is 9.24. The summed E-state index contributed by atoms with van der Waals surface area (Å²) in [5, 5.41) is 13.4. The molecule has 0 saturated heterocycles. The van der Waals surface area contributed by atoms with Crippen LogP contribution in [0.3, 0.4) is 0 Å². The van der Waals surface area contributed by atoms with Crippen molar-refractivity contribution in [2.75, 3.05) is 24.5 Å². The number of hydrogen-bond acceptors (Lipinski definition) is 8. The number of hydrogen-bond donors (Lipinski definition) is 3. The molecule has 11 nitrogen and oxygen atoms in total. The average molecular weight is 726 g/mol. The molecule has 0 aromatic heterocycles. The van der Waals surface area contributed by atoms with Gasteiger partial charge in [0.25, 0.3) is 17.7 Å². The van der Waals surface area contributed by atoms with E-state index in [1.165, 1.54) is 37.1 Å². The number of thioether (sulfide) groups is 1. The quantitative estimate of drug-likeness (QED) is 0.0949. The Kier molecular flexibility index (Phi) is 11.6. The third-order valence-electron chi connectivity index (χ3n) is 7.99. The zero-order valence-electron chi connectivity index (χ0n) is 28.8. The Hall–Kier alpha value is -6.66. The highest BCUT2D eigenvalue weighted by atomic mass is 32.2. The van der Waals surface area contributed by atoms with Gasteiger partial charge in [-0.1, -0.05) is 84.9 Å². The van der Waals surface area contributed by atoms with Crippen molar-refractivity contribution in [3.8, 4) is 11.5 Å². The molecule has 1 unspecified atom stereocenters. The number of rotatable bonds is 12. The predicted octanol–water partition coefficient (Wildman–Crippen LogP) is 6.81. The molecule has 0 saturated carbocycles. The molecule has 4 amide bonds. The van der Waals surface area contributed by atoms with Crippen molar-refractivity contribution in [2.24, 2.45) is 5.10 Å². The Balaban J connectivity index is 1.24. The number of anilines is 2. The molecule has 53 heavy (non-hydrogen) atoms. The topological polar surface area (TPSA) is 138 Å². The fraction of sp³-hybridized carbons (Fsp3) is 0.0976. The molecule has 0 spiro atoms. The number of methoxy groups -OCH3 is 2. The van der Waals surface area contributed by atoms with Crippen molar-refractivity contribution >= 4 is 58.7 Å². The molecule has 0 fully saturated rings. The minimum Gasteiger partial charge on any atom is -0.493 e. The smallest absolute Gasteiger partial charge is 0.272 e. The van der Waals surface area contributed by atoms with Crippen LogP contribution in [0.5, 0.6) is 11.5 Å². The normalized spacial score (nSPS) is 13.1. The number of amides is 4. The summed E-state index contributed by atoms with van der Waals surface area (Å²) >= 11 is 1.27. The van der Waals surface area contributed by atoms with Crippen molar-refractivity contribution in [2.45, 2.75) is 16.6 Å². The van der Waals surface area contributed by atoms with Crippen LogP contribution in [0, 0.1) is 0 Å². The minimum atomic E-state index is -0.730. The highest BCUT2D eigenvalue weighted by molar-refractivity contribution is 8.00. The number of carbonyl (C=O) groups is 4. The van der Waals surface area contributed by atoms with Gasteiger partial charge in [-0.3, -0.25) is 19.2 Å². The van der Waals surface area contributed by atoms with E-state index in [1.54, 1.807) is 78.9 Å². The van der Waals surface area contributed by atoms with Gasteiger partial charge in [0.1, 0.15) is 16.8 Å². The van der Waals surface area contributed by atoms with Gasteiger partial charge >= 0.3 is 0 Å². The Bertz CT molecular complexity index is 2180. The van der Waals surface area contributed by atoms with Gasteiger partial charge in [-0.05, 0) is 60.2 Å². The van der Waals surface area contributed by atoms with Crippen molar-refractivity contribution < 1.29 is 28.7 Å². The Morgan fingerprint density at radius 3 is 2.17 bits per heavy atom. The maximum absolute atomic E-state index is 13.9. The zero-order chi connectivity index (χ0) is 37.2. The summed E-state index contributed by atoms with van der Waals surface area (Å²) < 4.78 is 11.0. The van der Waals surface area contributed by atoms with Gasteiger partial charge in [0.05, 0.1) is 26.3 Å². The van der Waals surface area contributed by atoms with Crippen LogP contribution in [0.25, 0.3) is 6.08 Å². The van der Waals surface area contributed by atoms with Crippen molar-refractivity contribution in [3.63, 3.8) is 0 Å². The van der Waals surface area contributed by atoms with E-state index >= 15 is 0 Å². The first kappa shape index (κ1) is 36.1. The molecule has 6 rings (SSSR count). The van der Waals surface area contributed by atoms with E-state index in [2.05, 4.69) is 21.1 Å². The summed E-state index contributed by atoms with van der Waals surface area (Å²) in [5.74, 6) is -0.595. The van der Waals surface area contributed by atoms with E-state index in [4.69, 9.17) is 9.47 Å². The van der Waals surface area contributed by atoms with Crippen molar-refractivity contribution in [1.29, 1.82) is 0 Å². The Morgan fingerprint density at radius 1 is 0.792 bits per heavy atom. The van der Waals surface area contributed by atoms with Gasteiger partial charge in [0.2, 0.25) is 5.91 Å². The first-order valence-corrected chi connectivity index (χ1v) is 17.4. The van der Waals surface area contributed by atoms with Gasteiger partial charge in [-0.15, -0.1) is 11.8 Å². The molecule has 0 radical (unpaired) electrons. The second kappa shape index (κ2) is 17.0. The Morgan fingerprint density at radius 2 is 1.47 bits per heavy atom. The SMILES string of the molecule is COc1cccc(/C=C(/NC(=O)c2ccccc2)C(=O)Nc2cccc(SC(C(=O)NC3=NN(c4ccccc4)C(=O)C3)c3ccccc3)c2)c1OC. The second-order valence-corrected chi connectivity index (χ2v) is 12.8. The van der Waals surface area contributed by atoms with E-state index in [1.807, 2.05) is 54.6 Å². The largest absolute Gasteiger partial charge is 0.493 e. The van der Waals surface area contributed by atoms with Crippen molar-refractivity contribution in [1.82, 2.24) is 10.6 Å². The molecule has 1 aliphatic rings. The van der Waals surface area contributed by atoms with Gasteiger partial charge in [0.15, 0.2) is 11.5 Å². The summed E-state index contributed by atoms with van der Waals surface area (Å²) in [4.78, 5) is 54.3. The first-order valence-electron chi connectivity index (χ1n) is 16.5. The lowest BCUT2D eigenvalue weighted by molar-refractivity contribution is -0.119. The number of amidine groups is 1. The molecule has 1 aliphatic heterocycles. The fourth-order valence-electron chi connectivity index (χ4n) is 5.48. The van der Waals surface area contributed by atoms with Gasteiger partial charge in [-0.2, -0.15) is 10.1 Å². The molecule has 1 atom stereocenters. The number of ether oxygens (including phenoxy) is 2. The van der Waals surface area contributed by atoms with E-state index in [9.17, 15) is 19.2 Å². The van der Waals surface area contributed by atoms with E-state index in [0.717, 1.165) is 5.56 Å². The lowest BCUT2D eigenvalue weighted by Crippen LogP contribution is -2.33. The maximum Gasteiger partial charge on any atom is 0.272 e. The van der Waals surface area contributed by atoms with Crippen LogP contribution in [0.4, 0.5) is 11.4 Å². The molecule has 3 N–H and O–H groups in total. The minimum absolute atomic E-state index is 0.0403. The molecule has 5 aromatic rings. The highest BCUT2D eigenvalue weighted by Gasteiger charge is 2.30. The van der Waals surface area contributed by atoms with Crippen LogP contribution in [0.15, 0.2) is 149 Å². The summed E-state index contributed by atoms with van der Waals surface area (Å²) in [5.41, 5.74) is 2.60. The first-order chi connectivity index (χ1) is 25.8. The summed E-state index contributed by atoms with van der Waals surface area (Å²) in [6.07, 6.45) is 1.47. The van der Waals surface area contributed by atoms with Crippen LogP contribution in [-0.4, -0.2) is 43.7 Å². The van der Waals surface area contributed by atoms with Crippen LogP contribution in [0.1, 0.15) is 33.2 Å². The highest BCUT2D eigenvalue weighted by Crippen LogP contribution is 2.37. The monoisotopic (exact) mass is 725 g/mol. The van der Waals surface area contributed by atoms with E-state index in [0.29, 0.717) is 38.9 Å². The second-order valence-electron chi connectivity index (χ2n) is 11.6. The van der Waals surface area contributed by atoms with Crippen LogP contribution in [0.2, 0.25) is 0 Å². The summed E-state index contributed by atoms with van der Waals surface area (Å²) in [6.45, 7) is 0. The summed E-state index contributed by atoms with van der Waals surface area (Å²) in [6, 6.07) is 39.0. The zero-order valence-corrected chi connectivity index (χ0v) is 29.6. The predicted molar refractivity (Wildman–Crippen MR) is 206 cm³/mol. The number of benzene rings is 5.